The van der Waals surface area contributed by atoms with Gasteiger partial charge in [-0.15, -0.1) is 0 Å². The first kappa shape index (κ1) is 23.2. The van der Waals surface area contributed by atoms with Gasteiger partial charge in [0.15, 0.2) is 5.43 Å². The lowest BCUT2D eigenvalue weighted by molar-refractivity contribution is -0.384. The molecule has 0 bridgehead atoms. The van der Waals surface area contributed by atoms with Crippen LogP contribution in [0.1, 0.15) is 24.5 Å². The quantitative estimate of drug-likeness (QED) is 0.184. The molecule has 5 aromatic rings. The summed E-state index contributed by atoms with van der Waals surface area (Å²) >= 11 is 0. The number of nitrogens with zero attached hydrogens (tertiary/aromatic N) is 2. The number of aromatic nitrogens is 1. The van der Waals surface area contributed by atoms with Crippen molar-refractivity contribution in [1.29, 1.82) is 0 Å². The van der Waals surface area contributed by atoms with Crippen LogP contribution in [0.4, 0.5) is 5.69 Å². The number of hydrogen-bond donors (Lipinski definition) is 0. The predicted octanol–water partition coefficient (Wildman–Crippen LogP) is 7.24. The Kier molecular flexibility index (Phi) is 6.46. The number of nitro groups is 1. The van der Waals surface area contributed by atoms with Crippen LogP contribution in [0.3, 0.4) is 0 Å². The van der Waals surface area contributed by atoms with Crippen molar-refractivity contribution in [1.82, 2.24) is 4.57 Å². The maximum Gasteiger partial charge on any atom is 0.269 e. The Morgan fingerprint density at radius 2 is 1.39 bits per heavy atom. The van der Waals surface area contributed by atoms with Crippen molar-refractivity contribution < 1.29 is 4.92 Å². The van der Waals surface area contributed by atoms with Crippen molar-refractivity contribution in [2.45, 2.75) is 26.3 Å². The predicted molar refractivity (Wildman–Crippen MR) is 145 cm³/mol. The van der Waals surface area contributed by atoms with Gasteiger partial charge < -0.3 is 4.57 Å². The monoisotopic (exact) mass is 474 g/mol. The average Bonchev–Trinajstić information content (AvgIpc) is 2.91. The number of benzene rings is 4. The minimum atomic E-state index is -0.425. The van der Waals surface area contributed by atoms with Crippen LogP contribution in [0.25, 0.3) is 33.3 Å². The highest BCUT2D eigenvalue weighted by Gasteiger charge is 2.21. The third kappa shape index (κ3) is 4.43. The van der Waals surface area contributed by atoms with E-state index in [2.05, 4.69) is 47.9 Å². The Morgan fingerprint density at radius 1 is 0.750 bits per heavy atom. The number of para-hydroxylation sites is 1. The van der Waals surface area contributed by atoms with Gasteiger partial charge in [-0.05, 0) is 52.9 Å². The molecule has 178 valence electrons. The lowest BCUT2D eigenvalue weighted by Gasteiger charge is -2.22. The molecule has 0 unspecified atom stereocenters. The fourth-order valence-corrected chi connectivity index (χ4v) is 4.76. The summed E-state index contributed by atoms with van der Waals surface area (Å²) in [6.45, 7) is 2.73. The molecule has 0 saturated carbocycles. The van der Waals surface area contributed by atoms with Gasteiger partial charge in [-0.1, -0.05) is 80.1 Å². The fourth-order valence-electron chi connectivity index (χ4n) is 4.76. The molecule has 0 N–H and O–H groups in total. The minimum Gasteiger partial charge on any atom is -0.335 e. The first-order chi connectivity index (χ1) is 17.6. The first-order valence-electron chi connectivity index (χ1n) is 12.1. The van der Waals surface area contributed by atoms with E-state index in [0.717, 1.165) is 35.2 Å². The fraction of sp³-hybridized carbons (Fsp3) is 0.129. The molecule has 5 heteroatoms. The average molecular weight is 475 g/mol. The van der Waals surface area contributed by atoms with Crippen LogP contribution in [-0.2, 0) is 13.0 Å². The summed E-state index contributed by atoms with van der Waals surface area (Å²) in [6.07, 6.45) is 2.05. The topological polar surface area (TPSA) is 65.1 Å². The van der Waals surface area contributed by atoms with Crippen molar-refractivity contribution in [3.63, 3.8) is 0 Å². The third-order valence-corrected chi connectivity index (χ3v) is 6.49. The van der Waals surface area contributed by atoms with Crippen molar-refractivity contribution in [2.24, 2.45) is 0 Å². The number of pyridine rings is 1. The van der Waals surface area contributed by atoms with Gasteiger partial charge in [0.2, 0.25) is 0 Å². The second-order valence-corrected chi connectivity index (χ2v) is 8.89. The van der Waals surface area contributed by atoms with Gasteiger partial charge in [-0.2, -0.15) is 0 Å². The molecule has 0 amide bonds. The van der Waals surface area contributed by atoms with E-state index in [1.807, 2.05) is 42.5 Å². The number of non-ortho nitro benzene ring substituents is 1. The van der Waals surface area contributed by atoms with Crippen LogP contribution in [-0.4, -0.2) is 9.49 Å². The van der Waals surface area contributed by atoms with Gasteiger partial charge in [0.05, 0.1) is 21.7 Å². The molecule has 0 aliphatic carbocycles. The molecule has 1 aromatic heterocycles. The van der Waals surface area contributed by atoms with Gasteiger partial charge in [0.25, 0.3) is 5.69 Å². The molecule has 5 rings (SSSR count). The molecule has 1 heterocycles. The van der Waals surface area contributed by atoms with E-state index in [-0.39, 0.29) is 11.1 Å². The van der Waals surface area contributed by atoms with E-state index in [1.54, 1.807) is 12.1 Å². The molecular formula is C31H26N2O3. The second-order valence-electron chi connectivity index (χ2n) is 8.89. The summed E-state index contributed by atoms with van der Waals surface area (Å²) in [7, 11) is 0. The van der Waals surface area contributed by atoms with Gasteiger partial charge in [0.1, 0.15) is 0 Å². The smallest absolute Gasteiger partial charge is 0.269 e. The molecule has 4 aromatic carbocycles. The Hall–Kier alpha value is -4.51. The zero-order valence-corrected chi connectivity index (χ0v) is 20.1. The Labute approximate surface area is 209 Å². The molecule has 0 atom stereocenters. The number of rotatable bonds is 7. The molecule has 0 aliphatic heterocycles. The molecule has 0 radical (unpaired) electrons. The summed E-state index contributed by atoms with van der Waals surface area (Å²) in [6, 6.07) is 32.4. The highest BCUT2D eigenvalue weighted by molar-refractivity contribution is 5.92. The van der Waals surface area contributed by atoms with E-state index in [4.69, 9.17) is 0 Å². The molecular weight excluding hydrogens is 448 g/mol. The maximum absolute atomic E-state index is 14.0. The normalized spacial score (nSPS) is 11.0. The molecule has 36 heavy (non-hydrogen) atoms. The lowest BCUT2D eigenvalue weighted by Crippen LogP contribution is -2.17. The van der Waals surface area contributed by atoms with Crippen LogP contribution >= 0.6 is 0 Å². The molecule has 0 saturated heterocycles. The molecule has 0 aliphatic rings. The van der Waals surface area contributed by atoms with E-state index < -0.39 is 4.92 Å². The largest absolute Gasteiger partial charge is 0.335 e. The first-order valence-corrected chi connectivity index (χ1v) is 12.1. The molecule has 0 fully saturated rings. The Morgan fingerprint density at radius 3 is 2.06 bits per heavy atom. The highest BCUT2D eigenvalue weighted by atomic mass is 16.6. The van der Waals surface area contributed by atoms with Crippen molar-refractivity contribution in [3.05, 3.63) is 135 Å². The number of fused-ring (bicyclic) bond motifs is 1. The second kappa shape index (κ2) is 10.0. The van der Waals surface area contributed by atoms with Crippen molar-refractivity contribution in [3.8, 4) is 22.4 Å². The van der Waals surface area contributed by atoms with Crippen LogP contribution in [0.15, 0.2) is 108 Å². The zero-order valence-electron chi connectivity index (χ0n) is 20.1. The van der Waals surface area contributed by atoms with Gasteiger partial charge in [0, 0.05) is 24.1 Å². The van der Waals surface area contributed by atoms with Crippen molar-refractivity contribution in [2.75, 3.05) is 0 Å². The van der Waals surface area contributed by atoms with E-state index in [1.165, 1.54) is 17.7 Å². The van der Waals surface area contributed by atoms with Crippen molar-refractivity contribution >= 4 is 16.6 Å². The van der Waals surface area contributed by atoms with E-state index in [0.29, 0.717) is 23.1 Å². The summed E-state index contributed by atoms with van der Waals surface area (Å²) in [5.74, 6) is 0. The number of nitro benzene ring substituents is 1. The van der Waals surface area contributed by atoms with Gasteiger partial charge in [-0.25, -0.2) is 0 Å². The summed E-state index contributed by atoms with van der Waals surface area (Å²) < 4.78 is 2.19. The van der Waals surface area contributed by atoms with Crippen LogP contribution < -0.4 is 5.43 Å². The number of hydrogen-bond acceptors (Lipinski definition) is 3. The van der Waals surface area contributed by atoms with E-state index in [9.17, 15) is 14.9 Å². The van der Waals surface area contributed by atoms with Gasteiger partial charge >= 0.3 is 0 Å². The summed E-state index contributed by atoms with van der Waals surface area (Å²) in [4.78, 5) is 24.8. The standard InChI is InChI=1S/C31H26N2O3/c1-2-8-22-13-15-25(16-14-22)30-29(24-17-19-26(20-18-24)33(35)36)31(34)27-11-6-7-12-28(27)32(30)21-23-9-4-3-5-10-23/h3-7,9-20H,2,8,21H2,1H3. The van der Waals surface area contributed by atoms with Crippen LogP contribution in [0.5, 0.6) is 0 Å². The minimum absolute atomic E-state index is 0.00498. The molecule has 0 spiro atoms. The van der Waals surface area contributed by atoms with E-state index >= 15 is 0 Å². The van der Waals surface area contributed by atoms with Crippen LogP contribution in [0.2, 0.25) is 0 Å². The summed E-state index contributed by atoms with van der Waals surface area (Å²) in [5, 5.41) is 11.9. The molecule has 5 nitrogen and oxygen atoms in total. The maximum atomic E-state index is 14.0. The summed E-state index contributed by atoms with van der Waals surface area (Å²) in [5.41, 5.74) is 6.06. The SMILES string of the molecule is CCCc1ccc(-c2c(-c3ccc([N+](=O)[O-])cc3)c(=O)c3ccccc3n2Cc2ccccc2)cc1. The van der Waals surface area contributed by atoms with Gasteiger partial charge in [-0.3, -0.25) is 14.9 Å². The Bertz CT molecular complexity index is 1590. The highest BCUT2D eigenvalue weighted by Crippen LogP contribution is 2.34. The number of aryl methyl sites for hydroxylation is 1. The van der Waals surface area contributed by atoms with Crippen LogP contribution in [0, 0.1) is 10.1 Å². The lowest BCUT2D eigenvalue weighted by atomic mass is 9.94. The Balaban J connectivity index is 1.84. The zero-order chi connectivity index (χ0) is 25.1. The third-order valence-electron chi connectivity index (χ3n) is 6.49.